The minimum Gasteiger partial charge on any atom is -0.445 e. The van der Waals surface area contributed by atoms with Gasteiger partial charge in [-0.1, -0.05) is 30.3 Å². The van der Waals surface area contributed by atoms with Crippen molar-refractivity contribution in [2.45, 2.75) is 45.8 Å². The molecular formula is C19H31N3O4. The normalized spacial score (nSPS) is 10.9. The summed E-state index contributed by atoms with van der Waals surface area (Å²) in [5, 5.41) is 8.64. The number of amides is 2. The van der Waals surface area contributed by atoms with Gasteiger partial charge in [0.25, 0.3) is 0 Å². The Hall–Kier alpha value is -2.28. The molecule has 0 bridgehead atoms. The molecule has 0 aromatic heterocycles. The second-order valence-corrected chi connectivity index (χ2v) is 6.87. The average Bonchev–Trinajstić information content (AvgIpc) is 2.58. The van der Waals surface area contributed by atoms with Crippen LogP contribution in [0.5, 0.6) is 0 Å². The standard InChI is InChI=1S/C19H31N3O4/c1-19(2,3)26-18(24)22-14-13-20-11-7-8-12-21-17(23)25-15-16-9-5-4-6-10-16/h4-6,9-10,20H,7-8,11-15H2,1-3H3,(H,21,23)(H,22,24). The van der Waals surface area contributed by atoms with Crippen LogP contribution in [-0.2, 0) is 16.1 Å². The number of carbonyl (C=O) groups is 2. The molecule has 0 aliphatic carbocycles. The second kappa shape index (κ2) is 12.1. The number of rotatable bonds is 10. The summed E-state index contributed by atoms with van der Waals surface area (Å²) in [5.74, 6) is 0. The highest BCUT2D eigenvalue weighted by molar-refractivity contribution is 5.67. The van der Waals surface area contributed by atoms with Crippen LogP contribution in [0.2, 0.25) is 0 Å². The maximum absolute atomic E-state index is 11.6. The van der Waals surface area contributed by atoms with E-state index in [0.717, 1.165) is 24.9 Å². The second-order valence-electron chi connectivity index (χ2n) is 6.87. The lowest BCUT2D eigenvalue weighted by Gasteiger charge is -2.19. The summed E-state index contributed by atoms with van der Waals surface area (Å²) >= 11 is 0. The molecule has 0 fully saturated rings. The molecular weight excluding hydrogens is 334 g/mol. The lowest BCUT2D eigenvalue weighted by atomic mass is 10.2. The Morgan fingerprint density at radius 1 is 0.885 bits per heavy atom. The van der Waals surface area contributed by atoms with Crippen LogP contribution in [0, 0.1) is 0 Å². The summed E-state index contributed by atoms with van der Waals surface area (Å²) < 4.78 is 10.3. The van der Waals surface area contributed by atoms with Crippen molar-refractivity contribution in [2.24, 2.45) is 0 Å². The number of carbonyl (C=O) groups excluding carboxylic acids is 2. The van der Waals surface area contributed by atoms with Crippen molar-refractivity contribution in [1.29, 1.82) is 0 Å². The van der Waals surface area contributed by atoms with E-state index >= 15 is 0 Å². The molecule has 0 aliphatic heterocycles. The fraction of sp³-hybridized carbons (Fsp3) is 0.579. The van der Waals surface area contributed by atoms with Gasteiger partial charge in [-0.15, -0.1) is 0 Å². The molecule has 7 heteroatoms. The molecule has 0 spiro atoms. The van der Waals surface area contributed by atoms with Crippen LogP contribution in [0.25, 0.3) is 0 Å². The molecule has 7 nitrogen and oxygen atoms in total. The van der Waals surface area contributed by atoms with Crippen LogP contribution < -0.4 is 16.0 Å². The zero-order valence-electron chi connectivity index (χ0n) is 16.0. The van der Waals surface area contributed by atoms with E-state index in [2.05, 4.69) is 16.0 Å². The fourth-order valence-corrected chi connectivity index (χ4v) is 2.03. The molecule has 0 radical (unpaired) electrons. The lowest BCUT2D eigenvalue weighted by molar-refractivity contribution is 0.0528. The third-order valence-electron chi connectivity index (χ3n) is 3.23. The third kappa shape index (κ3) is 12.1. The lowest BCUT2D eigenvalue weighted by Crippen LogP contribution is -2.36. The Kier molecular flexibility index (Phi) is 10.2. The van der Waals surface area contributed by atoms with Crippen LogP contribution in [0.3, 0.4) is 0 Å². The highest BCUT2D eigenvalue weighted by Gasteiger charge is 2.15. The van der Waals surface area contributed by atoms with Crippen molar-refractivity contribution in [3.63, 3.8) is 0 Å². The Balaban J connectivity index is 1.90. The van der Waals surface area contributed by atoms with E-state index in [-0.39, 0.29) is 6.61 Å². The van der Waals surface area contributed by atoms with Crippen LogP contribution in [-0.4, -0.2) is 44.0 Å². The molecule has 1 rings (SSSR count). The number of hydrogen-bond acceptors (Lipinski definition) is 5. The highest BCUT2D eigenvalue weighted by Crippen LogP contribution is 2.06. The third-order valence-corrected chi connectivity index (χ3v) is 3.23. The number of hydrogen-bond donors (Lipinski definition) is 3. The minimum atomic E-state index is -0.479. The Morgan fingerprint density at radius 2 is 1.54 bits per heavy atom. The number of benzene rings is 1. The van der Waals surface area contributed by atoms with E-state index in [4.69, 9.17) is 9.47 Å². The summed E-state index contributed by atoms with van der Waals surface area (Å²) in [6.45, 7) is 8.34. The van der Waals surface area contributed by atoms with Crippen molar-refractivity contribution < 1.29 is 19.1 Å². The van der Waals surface area contributed by atoms with Crippen LogP contribution in [0.15, 0.2) is 30.3 Å². The molecule has 146 valence electrons. The van der Waals surface area contributed by atoms with E-state index in [1.165, 1.54) is 0 Å². The van der Waals surface area contributed by atoms with Gasteiger partial charge in [-0.3, -0.25) is 0 Å². The van der Waals surface area contributed by atoms with Gasteiger partial charge in [0.05, 0.1) is 0 Å². The fourth-order valence-electron chi connectivity index (χ4n) is 2.03. The van der Waals surface area contributed by atoms with Crippen LogP contribution in [0.1, 0.15) is 39.2 Å². The molecule has 0 heterocycles. The van der Waals surface area contributed by atoms with Gasteiger partial charge >= 0.3 is 12.2 Å². The van der Waals surface area contributed by atoms with E-state index < -0.39 is 17.8 Å². The largest absolute Gasteiger partial charge is 0.445 e. The minimum absolute atomic E-state index is 0.277. The molecule has 0 atom stereocenters. The number of unbranched alkanes of at least 4 members (excludes halogenated alkanes) is 1. The summed E-state index contributed by atoms with van der Waals surface area (Å²) in [6, 6.07) is 9.57. The SMILES string of the molecule is CC(C)(C)OC(=O)NCCNCCCCNC(=O)OCc1ccccc1. The number of nitrogens with one attached hydrogen (secondary N) is 3. The van der Waals surface area contributed by atoms with Crippen molar-refractivity contribution in [3.05, 3.63) is 35.9 Å². The molecule has 0 unspecified atom stereocenters. The maximum Gasteiger partial charge on any atom is 0.407 e. The average molecular weight is 365 g/mol. The molecule has 3 N–H and O–H groups in total. The van der Waals surface area contributed by atoms with Crippen molar-refractivity contribution in [3.8, 4) is 0 Å². The Bertz CT molecular complexity index is 529. The van der Waals surface area contributed by atoms with E-state index in [0.29, 0.717) is 19.6 Å². The summed E-state index contributed by atoms with van der Waals surface area (Å²) in [6.07, 6.45) is 0.971. The molecule has 0 saturated heterocycles. The molecule has 1 aromatic rings. The molecule has 1 aromatic carbocycles. The van der Waals surface area contributed by atoms with Crippen LogP contribution >= 0.6 is 0 Å². The quantitative estimate of drug-likeness (QED) is 0.555. The molecule has 0 aliphatic rings. The maximum atomic E-state index is 11.6. The smallest absolute Gasteiger partial charge is 0.407 e. The van der Waals surface area contributed by atoms with Gasteiger partial charge in [0.1, 0.15) is 12.2 Å². The first-order chi connectivity index (χ1) is 12.4. The van der Waals surface area contributed by atoms with Gasteiger partial charge in [0.2, 0.25) is 0 Å². The monoisotopic (exact) mass is 365 g/mol. The Labute approximate surface area is 155 Å². The molecule has 0 saturated carbocycles. The van der Waals surface area contributed by atoms with Gasteiger partial charge < -0.3 is 25.4 Å². The van der Waals surface area contributed by atoms with Gasteiger partial charge in [-0.2, -0.15) is 0 Å². The van der Waals surface area contributed by atoms with Gasteiger partial charge in [0, 0.05) is 19.6 Å². The van der Waals surface area contributed by atoms with E-state index in [1.54, 1.807) is 0 Å². The van der Waals surface area contributed by atoms with Gasteiger partial charge in [0.15, 0.2) is 0 Å². The zero-order valence-corrected chi connectivity index (χ0v) is 16.0. The van der Waals surface area contributed by atoms with Gasteiger partial charge in [-0.05, 0) is 45.7 Å². The first kappa shape index (κ1) is 21.8. The first-order valence-electron chi connectivity index (χ1n) is 8.99. The van der Waals surface area contributed by atoms with Crippen molar-refractivity contribution in [1.82, 2.24) is 16.0 Å². The van der Waals surface area contributed by atoms with Gasteiger partial charge in [-0.25, -0.2) is 9.59 Å². The summed E-state index contributed by atoms with van der Waals surface area (Å²) in [4.78, 5) is 23.0. The van der Waals surface area contributed by atoms with Crippen LogP contribution in [0.4, 0.5) is 9.59 Å². The highest BCUT2D eigenvalue weighted by atomic mass is 16.6. The topological polar surface area (TPSA) is 88.7 Å². The predicted molar refractivity (Wildman–Crippen MR) is 101 cm³/mol. The zero-order chi connectivity index (χ0) is 19.3. The van der Waals surface area contributed by atoms with E-state index in [9.17, 15) is 9.59 Å². The molecule has 26 heavy (non-hydrogen) atoms. The summed E-state index contributed by atoms with van der Waals surface area (Å²) in [5.41, 5.74) is 0.485. The number of alkyl carbamates (subject to hydrolysis) is 2. The van der Waals surface area contributed by atoms with Crippen molar-refractivity contribution in [2.75, 3.05) is 26.2 Å². The molecule has 2 amide bonds. The predicted octanol–water partition coefficient (Wildman–Crippen LogP) is 2.81. The first-order valence-corrected chi connectivity index (χ1v) is 8.99. The number of ether oxygens (including phenoxy) is 2. The Morgan fingerprint density at radius 3 is 2.23 bits per heavy atom. The summed E-state index contributed by atoms with van der Waals surface area (Å²) in [7, 11) is 0. The van der Waals surface area contributed by atoms with E-state index in [1.807, 2.05) is 51.1 Å². The van der Waals surface area contributed by atoms with Crippen molar-refractivity contribution >= 4 is 12.2 Å².